The van der Waals surface area contributed by atoms with Crippen LogP contribution in [0.4, 0.5) is 5.69 Å². The van der Waals surface area contributed by atoms with Crippen molar-refractivity contribution in [2.45, 2.75) is 25.2 Å². The molecule has 0 unspecified atom stereocenters. The number of nitrogens with zero attached hydrogens (tertiary/aromatic N) is 1. The highest BCUT2D eigenvalue weighted by Crippen LogP contribution is 2.48. The number of Topliss-reactive ketones (excluding diaryl/α,β-unsaturated/α-hetero) is 1. The van der Waals surface area contributed by atoms with Crippen molar-refractivity contribution < 1.29 is 14.6 Å². The minimum absolute atomic E-state index is 0.00320. The van der Waals surface area contributed by atoms with E-state index in [-0.39, 0.29) is 17.4 Å². The summed E-state index contributed by atoms with van der Waals surface area (Å²) in [5, 5.41) is 20.9. The van der Waals surface area contributed by atoms with Crippen LogP contribution in [0.3, 0.4) is 0 Å². The molecule has 6 heteroatoms. The Hall–Kier alpha value is -3.64. The molecule has 0 aromatic heterocycles. The lowest BCUT2D eigenvalue weighted by Gasteiger charge is -2.41. The van der Waals surface area contributed by atoms with E-state index in [4.69, 9.17) is 4.74 Å². The Morgan fingerprint density at radius 2 is 1.69 bits per heavy atom. The average Bonchev–Trinajstić information content (AvgIpc) is 2.89. The highest BCUT2D eigenvalue weighted by molar-refractivity contribution is 9.10. The number of aliphatic hydroxyl groups is 1. The van der Waals surface area contributed by atoms with E-state index in [1.54, 1.807) is 7.11 Å². The van der Waals surface area contributed by atoms with Crippen molar-refractivity contribution in [3.8, 4) is 5.75 Å². The van der Waals surface area contributed by atoms with Gasteiger partial charge in [0, 0.05) is 44.9 Å². The Balaban J connectivity index is 1.80. The number of rotatable bonds is 4. The zero-order valence-electron chi connectivity index (χ0n) is 19.3. The van der Waals surface area contributed by atoms with Gasteiger partial charge in [-0.15, -0.1) is 0 Å². The normalized spacial score (nSPS) is 19.5. The van der Waals surface area contributed by atoms with Gasteiger partial charge >= 0.3 is 0 Å². The number of ether oxygens (including phenoxy) is 1. The number of nitrogens with one attached hydrogen (secondary N) is 1. The second-order valence-corrected chi connectivity index (χ2v) is 9.55. The van der Waals surface area contributed by atoms with E-state index in [9.17, 15) is 15.3 Å². The summed E-state index contributed by atoms with van der Waals surface area (Å²) in [7, 11) is 1.61. The van der Waals surface area contributed by atoms with Gasteiger partial charge in [-0.05, 0) is 54.8 Å². The maximum atomic E-state index is 13.5. The Morgan fingerprint density at radius 1 is 1.00 bits per heavy atom. The van der Waals surface area contributed by atoms with Gasteiger partial charge in [0.15, 0.2) is 5.78 Å². The van der Waals surface area contributed by atoms with Crippen molar-refractivity contribution in [3.05, 3.63) is 111 Å². The first-order valence-electron chi connectivity index (χ1n) is 11.5. The summed E-state index contributed by atoms with van der Waals surface area (Å²) in [6.45, 7) is 0. The number of benzene rings is 3. The third-order valence-corrected chi connectivity index (χ3v) is 7.12. The third-order valence-electron chi connectivity index (χ3n) is 6.59. The molecule has 0 bridgehead atoms. The maximum Gasteiger partial charge on any atom is 0.161 e. The Labute approximate surface area is 213 Å². The number of ketones is 1. The second kappa shape index (κ2) is 9.55. The Bertz CT molecular complexity index is 1340. The van der Waals surface area contributed by atoms with Gasteiger partial charge < -0.3 is 9.84 Å². The number of halogens is 1. The predicted octanol–water partition coefficient (Wildman–Crippen LogP) is 7.02. The highest BCUT2D eigenvalue weighted by Gasteiger charge is 2.43. The predicted molar refractivity (Wildman–Crippen MR) is 142 cm³/mol. The van der Waals surface area contributed by atoms with Crippen LogP contribution in [0, 0.1) is 5.41 Å². The van der Waals surface area contributed by atoms with Crippen LogP contribution in [0.15, 0.2) is 100 Å². The SMILES string of the molecule is COc1ccc([C@@H]2C(=C(O)c3ccccc3)C(=N)N(c3ccc(Br)cc3)C3=C2C(=O)CCC3)cc1. The molecule has 35 heavy (non-hydrogen) atoms. The van der Waals surface area contributed by atoms with Crippen molar-refractivity contribution in [2.75, 3.05) is 12.0 Å². The van der Waals surface area contributed by atoms with Crippen molar-refractivity contribution in [1.82, 2.24) is 0 Å². The lowest BCUT2D eigenvalue weighted by Crippen LogP contribution is -2.42. The maximum absolute atomic E-state index is 13.5. The molecule has 0 amide bonds. The van der Waals surface area contributed by atoms with Gasteiger partial charge in [-0.1, -0.05) is 58.4 Å². The third kappa shape index (κ3) is 4.19. The number of amidine groups is 1. The molecule has 0 saturated carbocycles. The Kier molecular flexibility index (Phi) is 6.31. The zero-order valence-corrected chi connectivity index (χ0v) is 20.9. The summed E-state index contributed by atoms with van der Waals surface area (Å²) < 4.78 is 6.27. The van der Waals surface area contributed by atoms with Gasteiger partial charge in [-0.3, -0.25) is 15.1 Å². The van der Waals surface area contributed by atoms with E-state index < -0.39 is 5.92 Å². The largest absolute Gasteiger partial charge is 0.507 e. The minimum atomic E-state index is -0.553. The van der Waals surface area contributed by atoms with E-state index in [2.05, 4.69) is 15.9 Å². The molecule has 0 fully saturated rings. The number of hydrogen-bond donors (Lipinski definition) is 2. The van der Waals surface area contributed by atoms with Crippen LogP contribution in [0.2, 0.25) is 0 Å². The summed E-state index contributed by atoms with van der Waals surface area (Å²) in [5.74, 6) is 0.382. The van der Waals surface area contributed by atoms with Crippen LogP contribution >= 0.6 is 15.9 Å². The molecule has 1 aliphatic heterocycles. The van der Waals surface area contributed by atoms with Crippen LogP contribution in [0.5, 0.6) is 5.75 Å². The van der Waals surface area contributed by atoms with E-state index in [0.717, 1.165) is 27.8 Å². The number of hydrogen-bond acceptors (Lipinski definition) is 4. The summed E-state index contributed by atoms with van der Waals surface area (Å²) in [5.41, 5.74) is 4.13. The molecule has 0 saturated heterocycles. The topological polar surface area (TPSA) is 73.6 Å². The first kappa shape index (κ1) is 23.1. The highest BCUT2D eigenvalue weighted by atomic mass is 79.9. The lowest BCUT2D eigenvalue weighted by molar-refractivity contribution is -0.116. The fourth-order valence-corrected chi connectivity index (χ4v) is 5.21. The molecule has 1 heterocycles. The fraction of sp³-hybridized carbons (Fsp3) is 0.172. The molecule has 1 atom stereocenters. The van der Waals surface area contributed by atoms with Gasteiger partial charge in [-0.2, -0.15) is 0 Å². The number of allylic oxidation sites excluding steroid dienone is 2. The molecular weight excluding hydrogens is 504 g/mol. The van der Waals surface area contributed by atoms with Crippen molar-refractivity contribution in [2.24, 2.45) is 0 Å². The van der Waals surface area contributed by atoms with Crippen LogP contribution in [-0.2, 0) is 4.79 Å². The minimum Gasteiger partial charge on any atom is -0.507 e. The molecule has 0 radical (unpaired) electrons. The molecule has 2 aliphatic rings. The smallest absolute Gasteiger partial charge is 0.161 e. The number of anilines is 1. The van der Waals surface area contributed by atoms with Gasteiger partial charge in [-0.25, -0.2) is 0 Å². The Morgan fingerprint density at radius 3 is 2.34 bits per heavy atom. The van der Waals surface area contributed by atoms with Crippen molar-refractivity contribution in [3.63, 3.8) is 0 Å². The van der Waals surface area contributed by atoms with Gasteiger partial charge in [0.1, 0.15) is 17.3 Å². The van der Waals surface area contributed by atoms with E-state index in [1.807, 2.05) is 83.8 Å². The van der Waals surface area contributed by atoms with Crippen LogP contribution in [0.1, 0.15) is 36.3 Å². The number of carbonyl (C=O) groups excluding carboxylic acids is 1. The van der Waals surface area contributed by atoms with Crippen molar-refractivity contribution in [1.29, 1.82) is 5.41 Å². The first-order valence-corrected chi connectivity index (χ1v) is 12.3. The van der Waals surface area contributed by atoms with Gasteiger partial charge in [0.2, 0.25) is 0 Å². The summed E-state index contributed by atoms with van der Waals surface area (Å²) >= 11 is 3.48. The van der Waals surface area contributed by atoms with Crippen LogP contribution in [0.25, 0.3) is 5.76 Å². The summed E-state index contributed by atoms with van der Waals surface area (Å²) in [4.78, 5) is 15.3. The van der Waals surface area contributed by atoms with Crippen LogP contribution < -0.4 is 9.64 Å². The second-order valence-electron chi connectivity index (χ2n) is 8.63. The van der Waals surface area contributed by atoms with E-state index in [1.165, 1.54) is 0 Å². The van der Waals surface area contributed by atoms with Gasteiger partial charge in [0.05, 0.1) is 7.11 Å². The van der Waals surface area contributed by atoms with Gasteiger partial charge in [0.25, 0.3) is 0 Å². The molecule has 5 rings (SSSR count). The molecular formula is C29H25BrN2O3. The summed E-state index contributed by atoms with van der Waals surface area (Å²) in [6, 6.07) is 24.4. The summed E-state index contributed by atoms with van der Waals surface area (Å²) in [6.07, 6.45) is 1.87. The first-order chi connectivity index (χ1) is 17.0. The van der Waals surface area contributed by atoms with Crippen LogP contribution in [-0.4, -0.2) is 23.8 Å². The molecule has 176 valence electrons. The number of carbonyl (C=O) groups is 1. The lowest BCUT2D eigenvalue weighted by atomic mass is 9.73. The molecule has 1 aliphatic carbocycles. The molecule has 0 spiro atoms. The quantitative estimate of drug-likeness (QED) is 0.357. The standard InChI is InChI=1S/C29H25BrN2O3/c1-35-22-16-10-18(11-17-22)25-26-23(8-5-9-24(26)33)32(21-14-12-20(30)13-15-21)29(31)27(25)28(34)19-6-3-2-4-7-19/h2-4,6-7,10-17,25,31,34H,5,8-9H2,1H3/t25-/m0/s1. The number of methoxy groups -OCH3 is 1. The number of aliphatic hydroxyl groups excluding tert-OH is 1. The van der Waals surface area contributed by atoms with E-state index >= 15 is 0 Å². The molecule has 5 nitrogen and oxygen atoms in total. The zero-order chi connectivity index (χ0) is 24.5. The van der Waals surface area contributed by atoms with E-state index in [0.29, 0.717) is 35.3 Å². The molecule has 2 N–H and O–H groups in total. The average molecular weight is 529 g/mol. The monoisotopic (exact) mass is 528 g/mol. The molecule has 3 aromatic carbocycles. The fourth-order valence-electron chi connectivity index (χ4n) is 4.95. The molecule has 3 aromatic rings. The van der Waals surface area contributed by atoms with Crippen molar-refractivity contribution >= 4 is 39.0 Å².